The predicted octanol–water partition coefficient (Wildman–Crippen LogP) is 6.99. The normalized spacial score (nSPS) is 19.0. The standard InChI is InChI=1S/C32H35ClF2N6O3S/c1-41(2)23-9-5-8-22(15-23)38-32-37-16-20-12-19(13-24(30(20)39-32)18-6-4-7-18)28-25(34)10-11-26(29(28)35)40-45(42,43)27-14-21(33)17-36-31(27)44-3/h10-14,16-18,22-23,40H,4-9,15H2,1-3H3,(H,37,38,39)/t22-,23+/m1/s1. The number of hydrogen-bond donors (Lipinski definition) is 2. The molecular weight excluding hydrogens is 622 g/mol. The smallest absolute Gasteiger partial charge is 0.267 e. The summed E-state index contributed by atoms with van der Waals surface area (Å²) < 4.78 is 65.2. The van der Waals surface area contributed by atoms with Crippen LogP contribution < -0.4 is 14.8 Å². The predicted molar refractivity (Wildman–Crippen MR) is 171 cm³/mol. The molecule has 2 aliphatic rings. The van der Waals surface area contributed by atoms with Gasteiger partial charge in [0.15, 0.2) is 10.7 Å². The van der Waals surface area contributed by atoms with Gasteiger partial charge in [-0.1, -0.05) is 18.0 Å². The van der Waals surface area contributed by atoms with Crippen LogP contribution in [0, 0.1) is 11.6 Å². The maximum absolute atomic E-state index is 16.1. The van der Waals surface area contributed by atoms with Crippen LogP contribution in [0.15, 0.2) is 47.6 Å². The van der Waals surface area contributed by atoms with Gasteiger partial charge in [-0.3, -0.25) is 4.72 Å². The van der Waals surface area contributed by atoms with Crippen molar-refractivity contribution in [2.24, 2.45) is 0 Å². The molecule has 0 unspecified atom stereocenters. The van der Waals surface area contributed by atoms with E-state index in [9.17, 15) is 8.42 Å². The second kappa shape index (κ2) is 12.6. The summed E-state index contributed by atoms with van der Waals surface area (Å²) >= 11 is 5.97. The zero-order chi connectivity index (χ0) is 31.9. The summed E-state index contributed by atoms with van der Waals surface area (Å²) in [7, 11) is 1.06. The molecule has 2 heterocycles. The van der Waals surface area contributed by atoms with Crippen LogP contribution in [0.1, 0.15) is 56.4 Å². The van der Waals surface area contributed by atoms with Crippen molar-refractivity contribution in [3.63, 3.8) is 0 Å². The molecule has 0 saturated heterocycles. The summed E-state index contributed by atoms with van der Waals surface area (Å²) in [5, 5.41) is 4.22. The van der Waals surface area contributed by atoms with E-state index in [0.717, 1.165) is 67.8 Å². The van der Waals surface area contributed by atoms with Gasteiger partial charge in [0.2, 0.25) is 11.8 Å². The number of benzene rings is 2. The first-order chi connectivity index (χ1) is 21.5. The Hall–Kier alpha value is -3.61. The zero-order valence-electron chi connectivity index (χ0n) is 25.3. The molecular formula is C32H35ClF2N6O3S. The Morgan fingerprint density at radius 2 is 1.80 bits per heavy atom. The van der Waals surface area contributed by atoms with Crippen molar-refractivity contribution in [1.29, 1.82) is 0 Å². The number of halogens is 3. The molecule has 6 rings (SSSR count). The summed E-state index contributed by atoms with van der Waals surface area (Å²) in [4.78, 5) is 15.2. The van der Waals surface area contributed by atoms with Crippen molar-refractivity contribution in [1.82, 2.24) is 19.9 Å². The van der Waals surface area contributed by atoms with Crippen LogP contribution in [0.5, 0.6) is 5.88 Å². The minimum absolute atomic E-state index is 0.0493. The number of ether oxygens (including phenoxy) is 1. The van der Waals surface area contributed by atoms with Gasteiger partial charge < -0.3 is 15.0 Å². The van der Waals surface area contributed by atoms with Crippen molar-refractivity contribution in [2.45, 2.75) is 67.8 Å². The Bertz CT molecular complexity index is 1850. The molecule has 2 atom stereocenters. The molecule has 0 radical (unpaired) electrons. The van der Waals surface area contributed by atoms with Crippen molar-refractivity contribution in [2.75, 3.05) is 31.2 Å². The third-order valence-electron chi connectivity index (χ3n) is 8.86. The van der Waals surface area contributed by atoms with Crippen molar-refractivity contribution in [3.8, 4) is 17.0 Å². The van der Waals surface area contributed by atoms with Gasteiger partial charge in [0, 0.05) is 29.9 Å². The van der Waals surface area contributed by atoms with E-state index in [-0.39, 0.29) is 38.9 Å². The number of nitrogens with one attached hydrogen (secondary N) is 2. The molecule has 2 fully saturated rings. The first-order valence-electron chi connectivity index (χ1n) is 15.0. The molecule has 238 valence electrons. The van der Waals surface area contributed by atoms with Crippen LogP contribution in [0.3, 0.4) is 0 Å². The number of aromatic nitrogens is 3. The molecule has 2 N–H and O–H groups in total. The SMILES string of the molecule is COc1ncc(Cl)cc1S(=O)(=O)Nc1ccc(F)c(-c2cc(C3CCC3)c3nc(N[C@@H]4CCC[C@H](N(C)C)C4)ncc3c2)c1F. The molecule has 13 heteroatoms. The molecule has 0 bridgehead atoms. The van der Waals surface area contributed by atoms with E-state index < -0.39 is 27.3 Å². The lowest BCUT2D eigenvalue weighted by atomic mass is 9.78. The van der Waals surface area contributed by atoms with E-state index in [1.807, 2.05) is 0 Å². The molecule has 0 aliphatic heterocycles. The first kappa shape index (κ1) is 31.4. The fourth-order valence-corrected chi connectivity index (χ4v) is 7.64. The van der Waals surface area contributed by atoms with E-state index in [1.165, 1.54) is 19.7 Å². The van der Waals surface area contributed by atoms with E-state index in [4.69, 9.17) is 21.3 Å². The van der Waals surface area contributed by atoms with Gasteiger partial charge in [0.25, 0.3) is 10.0 Å². The number of sulfonamides is 1. The van der Waals surface area contributed by atoms with Crippen LogP contribution in [-0.2, 0) is 10.0 Å². The number of rotatable bonds is 9. The Morgan fingerprint density at radius 1 is 1.02 bits per heavy atom. The van der Waals surface area contributed by atoms with Crippen LogP contribution in [0.2, 0.25) is 5.02 Å². The van der Waals surface area contributed by atoms with Crippen LogP contribution in [0.4, 0.5) is 20.4 Å². The molecule has 0 spiro atoms. The topological polar surface area (TPSA) is 109 Å². The van der Waals surface area contributed by atoms with Gasteiger partial charge in [0.1, 0.15) is 5.82 Å². The largest absolute Gasteiger partial charge is 0.480 e. The van der Waals surface area contributed by atoms with Crippen molar-refractivity contribution < 1.29 is 21.9 Å². The molecule has 2 aromatic carbocycles. The molecule has 2 saturated carbocycles. The Kier molecular flexibility index (Phi) is 8.82. The van der Waals surface area contributed by atoms with Crippen molar-refractivity contribution in [3.05, 3.63) is 64.9 Å². The lowest BCUT2D eigenvalue weighted by Crippen LogP contribution is -2.38. The number of fused-ring (bicyclic) bond motifs is 1. The lowest BCUT2D eigenvalue weighted by molar-refractivity contribution is 0.219. The number of pyridine rings is 1. The van der Waals surface area contributed by atoms with E-state index in [1.54, 1.807) is 18.3 Å². The highest BCUT2D eigenvalue weighted by Gasteiger charge is 2.28. The van der Waals surface area contributed by atoms with Gasteiger partial charge >= 0.3 is 0 Å². The second-order valence-electron chi connectivity index (χ2n) is 12.0. The number of nitrogens with zero attached hydrogens (tertiary/aromatic N) is 4. The average molecular weight is 657 g/mol. The van der Waals surface area contributed by atoms with Gasteiger partial charge in [0.05, 0.1) is 28.9 Å². The van der Waals surface area contributed by atoms with E-state index in [0.29, 0.717) is 17.4 Å². The number of anilines is 2. The quantitative estimate of drug-likeness (QED) is 0.199. The molecule has 45 heavy (non-hydrogen) atoms. The summed E-state index contributed by atoms with van der Waals surface area (Å²) in [6.45, 7) is 0. The third-order valence-corrected chi connectivity index (χ3v) is 10.4. The van der Waals surface area contributed by atoms with Crippen molar-refractivity contribution >= 4 is 44.2 Å². The Labute approximate surface area is 266 Å². The molecule has 2 aliphatic carbocycles. The highest BCUT2D eigenvalue weighted by atomic mass is 35.5. The van der Waals surface area contributed by atoms with Gasteiger partial charge in [-0.25, -0.2) is 32.2 Å². The molecule has 0 amide bonds. The molecule has 2 aromatic heterocycles. The summed E-state index contributed by atoms with van der Waals surface area (Å²) in [6, 6.07) is 7.39. The maximum Gasteiger partial charge on any atom is 0.267 e. The molecule has 9 nitrogen and oxygen atoms in total. The fourth-order valence-electron chi connectivity index (χ4n) is 6.21. The average Bonchev–Trinajstić information content (AvgIpc) is 2.98. The lowest BCUT2D eigenvalue weighted by Gasteiger charge is -2.33. The fraction of sp³-hybridized carbons (Fsp3) is 0.406. The second-order valence-corrected chi connectivity index (χ2v) is 14.1. The summed E-state index contributed by atoms with van der Waals surface area (Å²) in [5.74, 6) is -1.37. The number of hydrogen-bond acceptors (Lipinski definition) is 8. The van der Waals surface area contributed by atoms with E-state index >= 15 is 8.78 Å². The van der Waals surface area contributed by atoms with E-state index in [2.05, 4.69) is 39.0 Å². The minimum atomic E-state index is -4.40. The van der Waals surface area contributed by atoms with Crippen LogP contribution in [-0.4, -0.2) is 61.6 Å². The monoisotopic (exact) mass is 656 g/mol. The summed E-state index contributed by atoms with van der Waals surface area (Å²) in [5.41, 5.74) is 1.13. The number of methoxy groups -OCH3 is 1. The van der Waals surface area contributed by atoms with Gasteiger partial charge in [-0.2, -0.15) is 0 Å². The zero-order valence-corrected chi connectivity index (χ0v) is 26.9. The Balaban J connectivity index is 1.36. The molecule has 4 aromatic rings. The van der Waals surface area contributed by atoms with Gasteiger partial charge in [-0.05, 0) is 100.0 Å². The maximum atomic E-state index is 16.1. The first-order valence-corrected chi connectivity index (χ1v) is 16.8. The summed E-state index contributed by atoms with van der Waals surface area (Å²) in [6.07, 6.45) is 10.2. The van der Waals surface area contributed by atoms with Crippen LogP contribution in [0.25, 0.3) is 22.0 Å². The highest BCUT2D eigenvalue weighted by molar-refractivity contribution is 7.92. The Morgan fingerprint density at radius 3 is 2.51 bits per heavy atom. The van der Waals surface area contributed by atoms with Gasteiger partial charge in [-0.15, -0.1) is 0 Å². The van der Waals surface area contributed by atoms with Crippen LogP contribution >= 0.6 is 11.6 Å². The third kappa shape index (κ3) is 6.41. The minimum Gasteiger partial charge on any atom is -0.480 e. The highest BCUT2D eigenvalue weighted by Crippen LogP contribution is 2.43.